The fraction of sp³-hybridized carbons (Fsp3) is 0.750. The third-order valence-corrected chi connectivity index (χ3v) is 5.77. The fourth-order valence-electron chi connectivity index (χ4n) is 2.37. The number of aryl methyl sites for hydroxylation is 1. The van der Waals surface area contributed by atoms with E-state index in [1.54, 1.807) is 0 Å². The van der Waals surface area contributed by atoms with Crippen LogP contribution in [0.1, 0.15) is 74.6 Å². The number of nitrogens with one attached hydrogen (secondary N) is 1. The number of unbranched alkanes of at least 4 members (excludes halogenated alkanes) is 5. The van der Waals surface area contributed by atoms with E-state index in [1.165, 1.54) is 59.2 Å². The SMILES string of the molecule is CCCCCCCCC(NCC)c1cc(Br)c(C)s1. The van der Waals surface area contributed by atoms with Crippen molar-refractivity contribution in [3.05, 3.63) is 20.3 Å². The van der Waals surface area contributed by atoms with Crippen molar-refractivity contribution in [3.8, 4) is 0 Å². The highest BCUT2D eigenvalue weighted by molar-refractivity contribution is 9.10. The van der Waals surface area contributed by atoms with Crippen molar-refractivity contribution in [2.45, 2.75) is 71.8 Å². The molecule has 0 aromatic carbocycles. The lowest BCUT2D eigenvalue weighted by atomic mass is 10.0. The summed E-state index contributed by atoms with van der Waals surface area (Å²) in [6, 6.07) is 2.84. The van der Waals surface area contributed by atoms with Crippen LogP contribution in [0.3, 0.4) is 0 Å². The molecule has 0 fully saturated rings. The summed E-state index contributed by atoms with van der Waals surface area (Å²) < 4.78 is 1.26. The van der Waals surface area contributed by atoms with Crippen LogP contribution in [0, 0.1) is 6.92 Å². The number of thiophene rings is 1. The highest BCUT2D eigenvalue weighted by atomic mass is 79.9. The van der Waals surface area contributed by atoms with Crippen LogP contribution < -0.4 is 5.32 Å². The summed E-state index contributed by atoms with van der Waals surface area (Å²) in [5.41, 5.74) is 0. The number of hydrogen-bond acceptors (Lipinski definition) is 2. The molecule has 19 heavy (non-hydrogen) atoms. The van der Waals surface area contributed by atoms with Gasteiger partial charge in [0.1, 0.15) is 0 Å². The van der Waals surface area contributed by atoms with Gasteiger partial charge in [0.2, 0.25) is 0 Å². The van der Waals surface area contributed by atoms with E-state index < -0.39 is 0 Å². The van der Waals surface area contributed by atoms with Crippen molar-refractivity contribution < 1.29 is 0 Å². The molecule has 1 nitrogen and oxygen atoms in total. The zero-order valence-electron chi connectivity index (χ0n) is 12.6. The lowest BCUT2D eigenvalue weighted by molar-refractivity contribution is 0.482. The molecule has 0 bridgehead atoms. The van der Waals surface area contributed by atoms with E-state index in [-0.39, 0.29) is 0 Å². The van der Waals surface area contributed by atoms with Gasteiger partial charge in [-0.05, 0) is 41.9 Å². The van der Waals surface area contributed by atoms with Crippen molar-refractivity contribution >= 4 is 27.3 Å². The normalized spacial score (nSPS) is 12.8. The van der Waals surface area contributed by atoms with Gasteiger partial charge in [-0.3, -0.25) is 0 Å². The minimum absolute atomic E-state index is 0.547. The largest absolute Gasteiger partial charge is 0.310 e. The van der Waals surface area contributed by atoms with Crippen molar-refractivity contribution in [3.63, 3.8) is 0 Å². The quantitative estimate of drug-likeness (QED) is 0.496. The van der Waals surface area contributed by atoms with E-state index in [0.29, 0.717) is 6.04 Å². The van der Waals surface area contributed by atoms with E-state index in [0.717, 1.165) is 6.54 Å². The van der Waals surface area contributed by atoms with Gasteiger partial charge in [0.05, 0.1) is 0 Å². The maximum Gasteiger partial charge on any atom is 0.0415 e. The molecule has 0 spiro atoms. The smallest absolute Gasteiger partial charge is 0.0415 e. The van der Waals surface area contributed by atoms with Gasteiger partial charge in [0.25, 0.3) is 0 Å². The molecular formula is C16H28BrNS. The van der Waals surface area contributed by atoms with E-state index in [9.17, 15) is 0 Å². The second-order valence-electron chi connectivity index (χ2n) is 5.22. The zero-order valence-corrected chi connectivity index (χ0v) is 15.0. The molecule has 1 aromatic rings. The van der Waals surface area contributed by atoms with Crippen molar-refractivity contribution in [2.75, 3.05) is 6.54 Å². The molecule has 0 saturated carbocycles. The average Bonchev–Trinajstić information content (AvgIpc) is 2.72. The lowest BCUT2D eigenvalue weighted by Crippen LogP contribution is -2.19. The maximum absolute atomic E-state index is 3.63. The predicted molar refractivity (Wildman–Crippen MR) is 91.2 cm³/mol. The first-order valence-corrected chi connectivity index (χ1v) is 9.29. The summed E-state index contributed by atoms with van der Waals surface area (Å²) in [6.45, 7) is 7.71. The van der Waals surface area contributed by atoms with Crippen LogP contribution in [-0.4, -0.2) is 6.54 Å². The van der Waals surface area contributed by atoms with Gasteiger partial charge in [0, 0.05) is 20.3 Å². The van der Waals surface area contributed by atoms with Crippen LogP contribution in [0.4, 0.5) is 0 Å². The van der Waals surface area contributed by atoms with Gasteiger partial charge in [-0.2, -0.15) is 0 Å². The van der Waals surface area contributed by atoms with Crippen molar-refractivity contribution in [2.24, 2.45) is 0 Å². The highest BCUT2D eigenvalue weighted by Gasteiger charge is 2.13. The van der Waals surface area contributed by atoms with Gasteiger partial charge >= 0.3 is 0 Å². The molecule has 1 N–H and O–H groups in total. The van der Waals surface area contributed by atoms with E-state index in [1.807, 2.05) is 11.3 Å². The zero-order chi connectivity index (χ0) is 14.1. The van der Waals surface area contributed by atoms with Gasteiger partial charge in [-0.25, -0.2) is 0 Å². The Morgan fingerprint density at radius 1 is 1.16 bits per heavy atom. The number of rotatable bonds is 10. The summed E-state index contributed by atoms with van der Waals surface area (Å²) in [5, 5.41) is 3.63. The Hall–Kier alpha value is 0.140. The molecule has 0 aliphatic rings. The summed E-state index contributed by atoms with van der Waals surface area (Å²) in [6.07, 6.45) is 9.54. The Balaban J connectivity index is 2.36. The fourth-order valence-corrected chi connectivity index (χ4v) is 4.04. The molecule has 3 heteroatoms. The van der Waals surface area contributed by atoms with Crippen LogP contribution >= 0.6 is 27.3 Å². The molecule has 1 heterocycles. The molecule has 0 saturated heterocycles. The second kappa shape index (κ2) is 9.95. The van der Waals surface area contributed by atoms with E-state index in [2.05, 4.69) is 48.1 Å². The Labute approximate surface area is 131 Å². The second-order valence-corrected chi connectivity index (χ2v) is 7.36. The minimum atomic E-state index is 0.547. The van der Waals surface area contributed by atoms with E-state index >= 15 is 0 Å². The Morgan fingerprint density at radius 2 is 1.84 bits per heavy atom. The first-order valence-electron chi connectivity index (χ1n) is 7.68. The molecule has 0 radical (unpaired) electrons. The summed E-state index contributed by atoms with van der Waals surface area (Å²) in [4.78, 5) is 2.88. The Bertz CT molecular complexity index is 329. The first kappa shape index (κ1) is 17.2. The Morgan fingerprint density at radius 3 is 2.42 bits per heavy atom. The third-order valence-electron chi connectivity index (χ3n) is 3.52. The number of halogens is 1. The monoisotopic (exact) mass is 345 g/mol. The molecule has 1 aromatic heterocycles. The van der Waals surface area contributed by atoms with Crippen LogP contribution in [0.15, 0.2) is 10.5 Å². The predicted octanol–water partition coefficient (Wildman–Crippen LogP) is 6.22. The molecule has 0 aliphatic heterocycles. The summed E-state index contributed by atoms with van der Waals surface area (Å²) in [5.74, 6) is 0. The van der Waals surface area contributed by atoms with Gasteiger partial charge in [-0.1, -0.05) is 52.4 Å². The molecule has 1 rings (SSSR count). The lowest BCUT2D eigenvalue weighted by Gasteiger charge is -2.16. The average molecular weight is 346 g/mol. The van der Waals surface area contributed by atoms with Crippen LogP contribution in [0.25, 0.3) is 0 Å². The van der Waals surface area contributed by atoms with Crippen LogP contribution in [-0.2, 0) is 0 Å². The van der Waals surface area contributed by atoms with Crippen LogP contribution in [0.2, 0.25) is 0 Å². The standard InChI is InChI=1S/C16H28BrNS/c1-4-6-7-8-9-10-11-15(18-5-2)16-12-14(17)13(3)19-16/h12,15,18H,4-11H2,1-3H3. The molecule has 1 unspecified atom stereocenters. The molecule has 1 atom stereocenters. The minimum Gasteiger partial charge on any atom is -0.310 e. The van der Waals surface area contributed by atoms with Gasteiger partial charge < -0.3 is 5.32 Å². The van der Waals surface area contributed by atoms with Gasteiger partial charge in [0.15, 0.2) is 0 Å². The van der Waals surface area contributed by atoms with Gasteiger partial charge in [-0.15, -0.1) is 11.3 Å². The van der Waals surface area contributed by atoms with Crippen LogP contribution in [0.5, 0.6) is 0 Å². The summed E-state index contributed by atoms with van der Waals surface area (Å²) in [7, 11) is 0. The topological polar surface area (TPSA) is 12.0 Å². The molecule has 0 aliphatic carbocycles. The van der Waals surface area contributed by atoms with Crippen molar-refractivity contribution in [1.29, 1.82) is 0 Å². The summed E-state index contributed by atoms with van der Waals surface area (Å²) >= 11 is 5.55. The Kier molecular flexibility index (Phi) is 9.01. The van der Waals surface area contributed by atoms with E-state index in [4.69, 9.17) is 0 Å². The maximum atomic E-state index is 3.63. The molecule has 110 valence electrons. The third kappa shape index (κ3) is 6.42. The highest BCUT2D eigenvalue weighted by Crippen LogP contribution is 2.32. The van der Waals surface area contributed by atoms with Crippen molar-refractivity contribution in [1.82, 2.24) is 5.32 Å². The molecule has 0 amide bonds. The first-order chi connectivity index (χ1) is 9.19. The molecular weight excluding hydrogens is 318 g/mol. The number of hydrogen-bond donors (Lipinski definition) is 1.